The molecule has 0 saturated heterocycles. The molecule has 2 N–H and O–H groups in total. The lowest BCUT2D eigenvalue weighted by atomic mass is 10.1. The molecule has 0 aromatic heterocycles. The van der Waals surface area contributed by atoms with Crippen LogP contribution in [-0.2, 0) is 16.0 Å². The summed E-state index contributed by atoms with van der Waals surface area (Å²) in [5.74, 6) is -0.665. The van der Waals surface area contributed by atoms with E-state index in [9.17, 15) is 14.0 Å². The van der Waals surface area contributed by atoms with Crippen molar-refractivity contribution >= 4 is 12.0 Å². The van der Waals surface area contributed by atoms with Crippen LogP contribution >= 0.6 is 0 Å². The molecule has 1 aromatic carbocycles. The Hall–Kier alpha value is -2.11. The summed E-state index contributed by atoms with van der Waals surface area (Å²) in [6.07, 6.45) is 0.536. The third-order valence-electron chi connectivity index (χ3n) is 2.48. The molecule has 0 spiro atoms. The van der Waals surface area contributed by atoms with Crippen LogP contribution in [-0.4, -0.2) is 32.2 Å². The van der Waals surface area contributed by atoms with Gasteiger partial charge in [-0.05, 0) is 18.1 Å². The van der Waals surface area contributed by atoms with Gasteiger partial charge in [0.2, 0.25) is 0 Å². The van der Waals surface area contributed by atoms with E-state index in [0.717, 1.165) is 0 Å². The summed E-state index contributed by atoms with van der Waals surface area (Å²) < 4.78 is 17.7. The molecule has 2 amide bonds. The maximum absolute atomic E-state index is 13.3. The summed E-state index contributed by atoms with van der Waals surface area (Å²) in [4.78, 5) is 22.1. The molecule has 1 rings (SSSR count). The van der Waals surface area contributed by atoms with E-state index in [1.807, 2.05) is 0 Å². The van der Waals surface area contributed by atoms with Crippen molar-refractivity contribution < 1.29 is 18.7 Å². The van der Waals surface area contributed by atoms with Crippen molar-refractivity contribution in [3.8, 4) is 0 Å². The smallest absolute Gasteiger partial charge is 0.314 e. The van der Waals surface area contributed by atoms with Crippen molar-refractivity contribution in [1.82, 2.24) is 10.6 Å². The molecule has 0 unspecified atom stereocenters. The lowest BCUT2D eigenvalue weighted by Gasteiger charge is -2.07. The van der Waals surface area contributed by atoms with E-state index < -0.39 is 0 Å². The molecule has 6 heteroatoms. The summed E-state index contributed by atoms with van der Waals surface area (Å²) in [6.45, 7) is 0.531. The number of hydrogen-bond donors (Lipinski definition) is 2. The third-order valence-corrected chi connectivity index (χ3v) is 2.48. The zero-order valence-electron chi connectivity index (χ0n) is 10.7. The highest BCUT2D eigenvalue weighted by Gasteiger charge is 2.04. The quantitative estimate of drug-likeness (QED) is 0.763. The number of carbonyl (C=O) groups excluding carboxylic acids is 2. The molecule has 1 aromatic rings. The molecule has 0 atom stereocenters. The minimum absolute atomic E-state index is 0.122. The van der Waals surface area contributed by atoms with Gasteiger partial charge >= 0.3 is 12.0 Å². The second-order valence-electron chi connectivity index (χ2n) is 3.85. The number of rotatable bonds is 6. The summed E-state index contributed by atoms with van der Waals surface area (Å²) in [7, 11) is 1.29. The van der Waals surface area contributed by atoms with Crippen LogP contribution in [0.1, 0.15) is 12.0 Å². The fourth-order valence-electron chi connectivity index (χ4n) is 1.45. The van der Waals surface area contributed by atoms with Gasteiger partial charge in [-0.15, -0.1) is 0 Å². The first-order valence-electron chi connectivity index (χ1n) is 5.95. The molecule has 0 saturated carbocycles. The van der Waals surface area contributed by atoms with E-state index in [1.165, 1.54) is 13.2 Å². The summed E-state index contributed by atoms with van der Waals surface area (Å²) >= 11 is 0. The van der Waals surface area contributed by atoms with Crippen molar-refractivity contribution in [3.05, 3.63) is 35.6 Å². The van der Waals surface area contributed by atoms with Gasteiger partial charge in [-0.1, -0.05) is 18.2 Å². The molecule has 0 aliphatic carbocycles. The first-order valence-corrected chi connectivity index (χ1v) is 5.95. The number of esters is 1. The molecule has 0 aliphatic heterocycles. The zero-order valence-corrected chi connectivity index (χ0v) is 10.7. The molecular formula is C13H17FN2O3. The molecule has 104 valence electrons. The van der Waals surface area contributed by atoms with E-state index in [4.69, 9.17) is 0 Å². The number of halogens is 1. The molecule has 19 heavy (non-hydrogen) atoms. The van der Waals surface area contributed by atoms with Crippen molar-refractivity contribution in [2.45, 2.75) is 12.8 Å². The van der Waals surface area contributed by atoms with E-state index in [0.29, 0.717) is 18.5 Å². The molecular weight excluding hydrogens is 251 g/mol. The average molecular weight is 268 g/mol. The Morgan fingerprint density at radius 1 is 1.21 bits per heavy atom. The lowest BCUT2D eigenvalue weighted by Crippen LogP contribution is -2.37. The van der Waals surface area contributed by atoms with Gasteiger partial charge in [-0.3, -0.25) is 4.79 Å². The summed E-state index contributed by atoms with van der Waals surface area (Å²) in [5, 5.41) is 5.09. The Labute approximate surface area is 111 Å². The zero-order chi connectivity index (χ0) is 14.1. The second kappa shape index (κ2) is 8.07. The van der Waals surface area contributed by atoms with E-state index >= 15 is 0 Å². The normalized spacial score (nSPS) is 9.79. The number of ether oxygens (including phenoxy) is 1. The van der Waals surface area contributed by atoms with E-state index in [1.54, 1.807) is 18.2 Å². The van der Waals surface area contributed by atoms with Gasteiger partial charge < -0.3 is 15.4 Å². The molecule has 5 nitrogen and oxygen atoms in total. The number of urea groups is 1. The first-order chi connectivity index (χ1) is 9.13. The molecule has 0 aliphatic rings. The number of nitrogens with one attached hydrogen (secondary N) is 2. The van der Waals surface area contributed by atoms with Crippen LogP contribution in [0.5, 0.6) is 0 Å². The summed E-state index contributed by atoms with van der Waals surface area (Å²) in [5.41, 5.74) is 0.553. The van der Waals surface area contributed by atoms with Crippen LogP contribution in [0, 0.1) is 5.82 Å². The minimum Gasteiger partial charge on any atom is -0.469 e. The number of amides is 2. The third kappa shape index (κ3) is 5.85. The number of hydrogen-bond acceptors (Lipinski definition) is 3. The van der Waals surface area contributed by atoms with Crippen molar-refractivity contribution in [2.75, 3.05) is 20.2 Å². The maximum Gasteiger partial charge on any atom is 0.314 e. The number of benzene rings is 1. The van der Waals surface area contributed by atoms with Gasteiger partial charge in [-0.2, -0.15) is 0 Å². The van der Waals surface area contributed by atoms with Crippen LogP contribution < -0.4 is 10.6 Å². The van der Waals surface area contributed by atoms with Gasteiger partial charge in [0.1, 0.15) is 5.82 Å². The standard InChI is InChI=1S/C13H17FN2O3/c1-19-12(17)7-9-16-13(18)15-8-6-10-4-2-3-5-11(10)14/h2-5H,6-9H2,1H3,(H2,15,16,18). The van der Waals surface area contributed by atoms with Gasteiger partial charge in [-0.25, -0.2) is 9.18 Å². The van der Waals surface area contributed by atoms with Crippen molar-refractivity contribution in [1.29, 1.82) is 0 Å². The Kier molecular flexibility index (Phi) is 6.35. The average Bonchev–Trinajstić information content (AvgIpc) is 2.40. The van der Waals surface area contributed by atoms with Crippen LogP contribution in [0.3, 0.4) is 0 Å². The van der Waals surface area contributed by atoms with Crippen LogP contribution in [0.25, 0.3) is 0 Å². The molecule has 0 bridgehead atoms. The van der Waals surface area contributed by atoms with Crippen molar-refractivity contribution in [2.24, 2.45) is 0 Å². The fraction of sp³-hybridized carbons (Fsp3) is 0.385. The predicted octanol–water partition coefficient (Wildman–Crippen LogP) is 1.23. The number of methoxy groups -OCH3 is 1. The molecule has 0 heterocycles. The second-order valence-corrected chi connectivity index (χ2v) is 3.85. The highest BCUT2D eigenvalue weighted by molar-refractivity contribution is 5.75. The highest BCUT2D eigenvalue weighted by atomic mass is 19.1. The minimum atomic E-state index is -0.389. The van der Waals surface area contributed by atoms with Crippen LogP contribution in [0.15, 0.2) is 24.3 Å². The first kappa shape index (κ1) is 14.9. The highest BCUT2D eigenvalue weighted by Crippen LogP contribution is 2.05. The monoisotopic (exact) mass is 268 g/mol. The molecule has 0 fully saturated rings. The Balaban J connectivity index is 2.17. The van der Waals surface area contributed by atoms with E-state index in [2.05, 4.69) is 15.4 Å². The van der Waals surface area contributed by atoms with E-state index in [-0.39, 0.29) is 30.8 Å². The largest absolute Gasteiger partial charge is 0.469 e. The predicted molar refractivity (Wildman–Crippen MR) is 68.1 cm³/mol. The van der Waals surface area contributed by atoms with Gasteiger partial charge in [0.05, 0.1) is 13.5 Å². The Morgan fingerprint density at radius 3 is 2.58 bits per heavy atom. The van der Waals surface area contributed by atoms with Gasteiger partial charge in [0.25, 0.3) is 0 Å². The fourth-order valence-corrected chi connectivity index (χ4v) is 1.45. The Bertz CT molecular complexity index is 438. The SMILES string of the molecule is COC(=O)CCNC(=O)NCCc1ccccc1F. The van der Waals surface area contributed by atoms with Gasteiger partial charge in [0, 0.05) is 13.1 Å². The number of carbonyl (C=O) groups is 2. The summed E-state index contributed by atoms with van der Waals surface area (Å²) in [6, 6.07) is 6.03. The van der Waals surface area contributed by atoms with Crippen LogP contribution in [0.2, 0.25) is 0 Å². The topological polar surface area (TPSA) is 67.4 Å². The van der Waals surface area contributed by atoms with Gasteiger partial charge in [0.15, 0.2) is 0 Å². The maximum atomic E-state index is 13.3. The lowest BCUT2D eigenvalue weighted by molar-refractivity contribution is -0.140. The van der Waals surface area contributed by atoms with Crippen LogP contribution in [0.4, 0.5) is 9.18 Å². The Morgan fingerprint density at radius 2 is 1.89 bits per heavy atom. The molecule has 0 radical (unpaired) electrons. The van der Waals surface area contributed by atoms with Crippen molar-refractivity contribution in [3.63, 3.8) is 0 Å².